The zero-order valence-electron chi connectivity index (χ0n) is 12.3. The molecule has 104 valence electrons. The average molecular weight is 251 g/mol. The van der Waals surface area contributed by atoms with Gasteiger partial charge in [0.1, 0.15) is 0 Å². The highest BCUT2D eigenvalue weighted by Gasteiger charge is 2.06. The zero-order valence-corrected chi connectivity index (χ0v) is 12.3. The first-order valence-electron chi connectivity index (χ1n) is 7.53. The van der Waals surface area contributed by atoms with E-state index in [-0.39, 0.29) is 0 Å². The maximum atomic E-state index is 4.44. The molecule has 1 atom stereocenters. The molecule has 0 bridgehead atoms. The van der Waals surface area contributed by atoms with Crippen LogP contribution < -0.4 is 5.32 Å². The van der Waals surface area contributed by atoms with E-state index in [1.165, 1.54) is 44.1 Å². The molecule has 1 heterocycles. The van der Waals surface area contributed by atoms with Crippen LogP contribution in [0.15, 0.2) is 12.4 Å². The van der Waals surface area contributed by atoms with Crippen molar-refractivity contribution in [3.63, 3.8) is 0 Å². The molecule has 0 aliphatic rings. The van der Waals surface area contributed by atoms with Crippen LogP contribution in [-0.2, 0) is 6.54 Å². The second-order valence-corrected chi connectivity index (χ2v) is 5.13. The maximum absolute atomic E-state index is 4.44. The highest BCUT2D eigenvalue weighted by molar-refractivity contribution is 5.09. The Labute approximate surface area is 112 Å². The summed E-state index contributed by atoms with van der Waals surface area (Å²) in [6.45, 7) is 8.79. The van der Waals surface area contributed by atoms with E-state index in [1.54, 1.807) is 0 Å². The molecule has 1 aromatic rings. The molecule has 0 aliphatic carbocycles. The summed E-state index contributed by atoms with van der Waals surface area (Å²) in [6, 6.07) is 0.416. The van der Waals surface area contributed by atoms with Gasteiger partial charge in [-0.15, -0.1) is 0 Å². The molecule has 1 aromatic heterocycles. The largest absolute Gasteiger partial charge is 0.310 e. The predicted molar refractivity (Wildman–Crippen MR) is 77.7 cm³/mol. The molecular formula is C15H29N3. The van der Waals surface area contributed by atoms with Gasteiger partial charge in [0, 0.05) is 24.3 Å². The van der Waals surface area contributed by atoms with Crippen LogP contribution in [0.1, 0.15) is 70.9 Å². The number of aryl methyl sites for hydroxylation is 1. The van der Waals surface area contributed by atoms with Gasteiger partial charge in [0.25, 0.3) is 0 Å². The number of aromatic nitrogens is 2. The Bertz CT molecular complexity index is 306. The Morgan fingerprint density at radius 1 is 1.17 bits per heavy atom. The van der Waals surface area contributed by atoms with Crippen molar-refractivity contribution in [3.05, 3.63) is 18.0 Å². The van der Waals surface area contributed by atoms with Crippen molar-refractivity contribution in [3.8, 4) is 0 Å². The Balaban J connectivity index is 2.25. The Hall–Kier alpha value is -0.830. The smallest absolute Gasteiger partial charge is 0.0537 e. The molecule has 3 heteroatoms. The molecule has 0 aromatic carbocycles. The van der Waals surface area contributed by atoms with E-state index in [1.807, 2.05) is 6.20 Å². The standard InChI is InChI=1S/C15H29N3/c1-4-6-7-8-9-11-18-13-15(12-17-18)14(3)16-10-5-2/h12-14,16H,4-11H2,1-3H3. The van der Waals surface area contributed by atoms with Crippen LogP contribution in [-0.4, -0.2) is 16.3 Å². The van der Waals surface area contributed by atoms with Crippen molar-refractivity contribution >= 4 is 0 Å². The first-order valence-corrected chi connectivity index (χ1v) is 7.53. The van der Waals surface area contributed by atoms with E-state index in [0.29, 0.717) is 6.04 Å². The van der Waals surface area contributed by atoms with Gasteiger partial charge in [-0.25, -0.2) is 0 Å². The third-order valence-electron chi connectivity index (χ3n) is 3.34. The van der Waals surface area contributed by atoms with Crippen molar-refractivity contribution in [1.29, 1.82) is 0 Å². The van der Waals surface area contributed by atoms with Gasteiger partial charge in [-0.1, -0.05) is 39.5 Å². The average Bonchev–Trinajstić information content (AvgIpc) is 2.84. The minimum atomic E-state index is 0.416. The summed E-state index contributed by atoms with van der Waals surface area (Å²) in [5, 5.41) is 7.93. The van der Waals surface area contributed by atoms with Crippen molar-refractivity contribution in [2.24, 2.45) is 0 Å². The summed E-state index contributed by atoms with van der Waals surface area (Å²) in [4.78, 5) is 0. The molecule has 0 radical (unpaired) electrons. The van der Waals surface area contributed by atoms with Crippen molar-refractivity contribution in [2.45, 2.75) is 71.9 Å². The fourth-order valence-electron chi connectivity index (χ4n) is 2.08. The number of nitrogens with zero attached hydrogens (tertiary/aromatic N) is 2. The second-order valence-electron chi connectivity index (χ2n) is 5.13. The lowest BCUT2D eigenvalue weighted by atomic mass is 10.1. The quantitative estimate of drug-likeness (QED) is 0.639. The number of nitrogens with one attached hydrogen (secondary N) is 1. The van der Waals surface area contributed by atoms with E-state index in [2.05, 4.69) is 42.1 Å². The fourth-order valence-corrected chi connectivity index (χ4v) is 2.08. The Morgan fingerprint density at radius 3 is 2.67 bits per heavy atom. The zero-order chi connectivity index (χ0) is 13.2. The van der Waals surface area contributed by atoms with Crippen LogP contribution in [0.4, 0.5) is 0 Å². The van der Waals surface area contributed by atoms with Crippen molar-refractivity contribution in [2.75, 3.05) is 6.54 Å². The summed E-state index contributed by atoms with van der Waals surface area (Å²) in [5.74, 6) is 0. The lowest BCUT2D eigenvalue weighted by Gasteiger charge is -2.10. The third-order valence-corrected chi connectivity index (χ3v) is 3.34. The van der Waals surface area contributed by atoms with Gasteiger partial charge in [-0.2, -0.15) is 5.10 Å². The molecule has 1 rings (SSSR count). The molecule has 1 N–H and O–H groups in total. The van der Waals surface area contributed by atoms with E-state index < -0.39 is 0 Å². The molecule has 0 spiro atoms. The Kier molecular flexibility index (Phi) is 7.74. The van der Waals surface area contributed by atoms with Crippen LogP contribution in [0.25, 0.3) is 0 Å². The molecule has 0 aliphatic heterocycles. The summed E-state index contributed by atoms with van der Waals surface area (Å²) < 4.78 is 2.09. The summed E-state index contributed by atoms with van der Waals surface area (Å²) in [5.41, 5.74) is 1.30. The van der Waals surface area contributed by atoms with E-state index in [4.69, 9.17) is 0 Å². The van der Waals surface area contributed by atoms with E-state index in [9.17, 15) is 0 Å². The topological polar surface area (TPSA) is 29.9 Å². The molecular weight excluding hydrogens is 222 g/mol. The fraction of sp³-hybridized carbons (Fsp3) is 0.800. The van der Waals surface area contributed by atoms with Gasteiger partial charge in [0.2, 0.25) is 0 Å². The minimum Gasteiger partial charge on any atom is -0.310 e. The lowest BCUT2D eigenvalue weighted by Crippen LogP contribution is -2.18. The highest BCUT2D eigenvalue weighted by Crippen LogP contribution is 2.11. The van der Waals surface area contributed by atoms with Gasteiger partial charge in [0.15, 0.2) is 0 Å². The second kappa shape index (κ2) is 9.15. The van der Waals surface area contributed by atoms with Gasteiger partial charge in [0.05, 0.1) is 6.20 Å². The molecule has 1 unspecified atom stereocenters. The van der Waals surface area contributed by atoms with Crippen LogP contribution in [0.5, 0.6) is 0 Å². The summed E-state index contributed by atoms with van der Waals surface area (Å²) in [7, 11) is 0. The van der Waals surface area contributed by atoms with Gasteiger partial charge in [-0.3, -0.25) is 4.68 Å². The number of hydrogen-bond donors (Lipinski definition) is 1. The molecule has 18 heavy (non-hydrogen) atoms. The van der Waals surface area contributed by atoms with Crippen LogP contribution in [0, 0.1) is 0 Å². The van der Waals surface area contributed by atoms with Crippen molar-refractivity contribution < 1.29 is 0 Å². The summed E-state index contributed by atoms with van der Waals surface area (Å²) in [6.07, 6.45) is 12.0. The molecule has 3 nitrogen and oxygen atoms in total. The van der Waals surface area contributed by atoms with E-state index >= 15 is 0 Å². The van der Waals surface area contributed by atoms with Crippen LogP contribution in [0.3, 0.4) is 0 Å². The first-order chi connectivity index (χ1) is 8.77. The summed E-state index contributed by atoms with van der Waals surface area (Å²) >= 11 is 0. The Morgan fingerprint density at radius 2 is 1.94 bits per heavy atom. The normalized spacial score (nSPS) is 12.8. The predicted octanol–water partition coefficient (Wildman–Crippen LogP) is 3.91. The van der Waals surface area contributed by atoms with Crippen molar-refractivity contribution in [1.82, 2.24) is 15.1 Å². The lowest BCUT2D eigenvalue weighted by molar-refractivity contribution is 0.530. The molecule has 0 fully saturated rings. The first kappa shape index (κ1) is 15.2. The molecule has 0 saturated heterocycles. The number of unbranched alkanes of at least 4 members (excludes halogenated alkanes) is 4. The minimum absolute atomic E-state index is 0.416. The maximum Gasteiger partial charge on any atom is 0.0537 e. The van der Waals surface area contributed by atoms with Crippen LogP contribution in [0.2, 0.25) is 0 Å². The molecule has 0 amide bonds. The number of rotatable bonds is 10. The van der Waals surface area contributed by atoms with Gasteiger partial charge >= 0.3 is 0 Å². The van der Waals surface area contributed by atoms with Gasteiger partial charge < -0.3 is 5.32 Å². The monoisotopic (exact) mass is 251 g/mol. The molecule has 0 saturated carbocycles. The highest BCUT2D eigenvalue weighted by atomic mass is 15.3. The van der Waals surface area contributed by atoms with E-state index in [0.717, 1.165) is 13.1 Å². The third kappa shape index (κ3) is 5.67. The van der Waals surface area contributed by atoms with Gasteiger partial charge in [-0.05, 0) is 26.3 Å². The van der Waals surface area contributed by atoms with Crippen LogP contribution >= 0.6 is 0 Å². The SMILES string of the molecule is CCCCCCCn1cc(C(C)NCCC)cn1. The number of hydrogen-bond acceptors (Lipinski definition) is 2.